The lowest BCUT2D eigenvalue weighted by molar-refractivity contribution is -0.136. The highest BCUT2D eigenvalue weighted by molar-refractivity contribution is 7.80. The van der Waals surface area contributed by atoms with Crippen molar-refractivity contribution >= 4 is 128 Å². The molecule has 4 rings (SSSR count). The van der Waals surface area contributed by atoms with Crippen LogP contribution in [0.1, 0.15) is 75.2 Å². The van der Waals surface area contributed by atoms with Gasteiger partial charge < -0.3 is 95.3 Å². The zero-order chi connectivity index (χ0) is 71.2. The zero-order valence-electron chi connectivity index (χ0n) is 54.4. The molecule has 12 atom stereocenters. The van der Waals surface area contributed by atoms with Crippen molar-refractivity contribution in [3.05, 3.63) is 90.1 Å². The van der Waals surface area contributed by atoms with Crippen molar-refractivity contribution in [3.63, 3.8) is 0 Å². The average Bonchev–Trinajstić information content (AvgIpc) is 1.18. The second-order valence-electron chi connectivity index (χ2n) is 22.7. The van der Waals surface area contributed by atoms with Crippen LogP contribution in [0.3, 0.4) is 0 Å². The summed E-state index contributed by atoms with van der Waals surface area (Å²) in [7, 11) is 0. The fourth-order valence-corrected chi connectivity index (χ4v) is 10.6. The first-order chi connectivity index (χ1) is 46.6. The number of hydrogen-bond acceptors (Lipinski definition) is 24. The van der Waals surface area contributed by atoms with Crippen LogP contribution in [0.15, 0.2) is 79.0 Å². The summed E-state index contributed by atoms with van der Waals surface area (Å²) < 4.78 is 0. The van der Waals surface area contributed by atoms with Crippen molar-refractivity contribution in [1.82, 2.24) is 90.1 Å². The minimum absolute atomic E-state index is 0.00821. The van der Waals surface area contributed by atoms with Gasteiger partial charge in [0.05, 0.1) is 18.4 Å². The van der Waals surface area contributed by atoms with Gasteiger partial charge in [-0.2, -0.15) is 63.1 Å². The first-order valence-electron chi connectivity index (χ1n) is 31.9. The molecular formula is C62H95N17O13S5. The van der Waals surface area contributed by atoms with E-state index in [2.05, 4.69) is 153 Å². The summed E-state index contributed by atoms with van der Waals surface area (Å²) >= 11 is 21.0. The van der Waals surface area contributed by atoms with Gasteiger partial charge in [-0.05, 0) is 88.8 Å². The molecule has 1 aromatic heterocycles. The van der Waals surface area contributed by atoms with E-state index in [1.807, 2.05) is 30.3 Å². The number of thiol groups is 5. The van der Waals surface area contributed by atoms with Gasteiger partial charge >= 0.3 is 0 Å². The predicted molar refractivity (Wildman–Crippen MR) is 382 cm³/mol. The van der Waals surface area contributed by atoms with Gasteiger partial charge in [-0.1, -0.05) is 80.9 Å². The van der Waals surface area contributed by atoms with Crippen LogP contribution in [0.5, 0.6) is 0 Å². The number of benzene rings is 2. The van der Waals surface area contributed by atoms with E-state index < -0.39 is 157 Å². The highest BCUT2D eigenvalue weighted by Gasteiger charge is 2.38. The number of aliphatic hydroxyl groups excluding tert-OH is 2. The van der Waals surface area contributed by atoms with Gasteiger partial charge in [0, 0.05) is 66.2 Å². The Morgan fingerprint density at radius 3 is 1.61 bits per heavy atom. The number of hydrogen-bond donors (Lipinski definition) is 23. The van der Waals surface area contributed by atoms with Crippen LogP contribution < -0.4 is 85.1 Å². The molecular weight excluding hydrogens is 1350 g/mol. The first kappa shape index (κ1) is 82.7. The third kappa shape index (κ3) is 28.9. The quantitative estimate of drug-likeness (QED) is 0.0156. The molecule has 1 aliphatic rings. The minimum Gasteiger partial charge on any atom is -0.394 e. The number of pyridine rings is 1. The number of nitrogens with zero attached hydrogens (tertiary/aromatic N) is 1. The Hall–Kier alpha value is -6.77. The molecule has 97 heavy (non-hydrogen) atoms. The van der Waals surface area contributed by atoms with E-state index in [1.54, 1.807) is 50.2 Å². The fourth-order valence-electron chi connectivity index (χ4n) is 9.86. The summed E-state index contributed by atoms with van der Waals surface area (Å²) in [6.45, 7) is 3.37. The maximum absolute atomic E-state index is 14.9. The van der Waals surface area contributed by atoms with Crippen molar-refractivity contribution < 1.29 is 63.0 Å². The predicted octanol–water partition coefficient (Wildman–Crippen LogP) is -3.66. The maximum atomic E-state index is 14.9. The number of rotatable bonds is 34. The van der Waals surface area contributed by atoms with E-state index in [4.69, 9.17) is 0 Å². The van der Waals surface area contributed by atoms with Gasteiger partial charge in [-0.15, -0.1) is 0 Å². The molecule has 0 aliphatic carbocycles. The molecule has 0 radical (unpaired) electrons. The van der Waals surface area contributed by atoms with Crippen LogP contribution >= 0.6 is 63.1 Å². The molecule has 30 nitrogen and oxygen atoms in total. The number of aliphatic hydroxyl groups is 2. The van der Waals surface area contributed by atoms with Crippen LogP contribution in [-0.2, 0) is 54.4 Å². The normalized spacial score (nSPS) is 21.1. The summed E-state index contributed by atoms with van der Waals surface area (Å²) in [4.78, 5) is 163. The largest absolute Gasteiger partial charge is 0.394 e. The van der Waals surface area contributed by atoms with E-state index >= 15 is 0 Å². The van der Waals surface area contributed by atoms with Crippen molar-refractivity contribution in [3.8, 4) is 11.3 Å². The highest BCUT2D eigenvalue weighted by Crippen LogP contribution is 2.18. The van der Waals surface area contributed by atoms with Crippen LogP contribution in [0.2, 0.25) is 0 Å². The third-order valence-corrected chi connectivity index (χ3v) is 16.7. The lowest BCUT2D eigenvalue weighted by Crippen LogP contribution is -2.62. The summed E-state index contributed by atoms with van der Waals surface area (Å²) in [6.07, 6.45) is -0.648. The van der Waals surface area contributed by atoms with E-state index in [-0.39, 0.29) is 99.8 Å². The molecule has 0 saturated carbocycles. The average molecular weight is 1450 g/mol. The molecule has 18 N–H and O–H groups in total. The Labute approximate surface area is 592 Å². The molecule has 1 fully saturated rings. The Bertz CT molecular complexity index is 3010. The molecule has 0 unspecified atom stereocenters. The molecule has 35 heteroatoms. The van der Waals surface area contributed by atoms with E-state index in [1.165, 1.54) is 19.2 Å². The van der Waals surface area contributed by atoms with Crippen LogP contribution in [0, 0.1) is 5.92 Å². The van der Waals surface area contributed by atoms with Crippen molar-refractivity contribution in [2.45, 2.75) is 132 Å². The van der Waals surface area contributed by atoms with Gasteiger partial charge in [0.15, 0.2) is 0 Å². The smallest absolute Gasteiger partial charge is 0.252 e. The van der Waals surface area contributed by atoms with Crippen molar-refractivity contribution in [1.29, 1.82) is 0 Å². The van der Waals surface area contributed by atoms with Crippen LogP contribution in [-0.4, -0.2) is 222 Å². The van der Waals surface area contributed by atoms with Crippen LogP contribution in [0.4, 0.5) is 0 Å². The molecule has 11 amide bonds. The Kier molecular flexibility index (Phi) is 39.0. The Morgan fingerprint density at radius 1 is 0.557 bits per heavy atom. The number of aromatic nitrogens is 1. The van der Waals surface area contributed by atoms with Crippen molar-refractivity contribution in [2.24, 2.45) is 5.92 Å². The molecule has 1 aliphatic heterocycles. The Balaban J connectivity index is 1.76. The number of amides is 11. The van der Waals surface area contributed by atoms with Gasteiger partial charge in [-0.3, -0.25) is 57.7 Å². The SMILES string of the molecule is CC[C@H](C)[C@@H]1NC(=O)[C@@H](Cc2ccccc2)NC(=O)[C@H](CCNCS)NC(=O)[C@@H](NC(=O)[C@H](CNCS)NC(=O)[C@H](CO)NC(=O)[C@H](CCNCS)NC(=O)c2ccnc(-c3ccccc3)c2)CCNC(=O)[C@H]([C@@H](C)O)NC(=O)[C@H](CCNCS)NC(=O)[C@H](CCNCS)NC1=O. The summed E-state index contributed by atoms with van der Waals surface area (Å²) in [6, 6.07) is 5.74. The monoisotopic (exact) mass is 1450 g/mol. The topological polar surface area (TPSA) is 434 Å². The Morgan fingerprint density at radius 2 is 1.05 bits per heavy atom. The lowest BCUT2D eigenvalue weighted by atomic mass is 9.96. The first-order valence-corrected chi connectivity index (χ1v) is 35.0. The van der Waals surface area contributed by atoms with Crippen molar-refractivity contribution in [2.75, 3.05) is 75.3 Å². The van der Waals surface area contributed by atoms with E-state index in [0.717, 1.165) is 5.56 Å². The molecule has 3 aromatic rings. The van der Waals surface area contributed by atoms with Gasteiger partial charge in [0.25, 0.3) is 5.91 Å². The third-order valence-electron chi connectivity index (χ3n) is 15.5. The molecule has 0 bridgehead atoms. The van der Waals surface area contributed by atoms with Gasteiger partial charge in [0.1, 0.15) is 60.4 Å². The van der Waals surface area contributed by atoms with E-state index in [0.29, 0.717) is 17.7 Å². The molecule has 2 aromatic carbocycles. The highest BCUT2D eigenvalue weighted by atomic mass is 32.1. The van der Waals surface area contributed by atoms with Gasteiger partial charge in [0.2, 0.25) is 59.1 Å². The molecule has 0 spiro atoms. The summed E-state index contributed by atoms with van der Waals surface area (Å²) in [5, 5.41) is 65.2. The molecule has 1 saturated heterocycles. The zero-order valence-corrected chi connectivity index (χ0v) is 58.9. The fraction of sp³-hybridized carbons (Fsp3) is 0.548. The van der Waals surface area contributed by atoms with Gasteiger partial charge in [-0.25, -0.2) is 0 Å². The number of carbonyl (C=O) groups excluding carboxylic acids is 11. The second-order valence-corrected chi connectivity index (χ2v) is 24.3. The second kappa shape index (κ2) is 45.7. The van der Waals surface area contributed by atoms with Crippen LogP contribution in [0.25, 0.3) is 11.3 Å². The maximum Gasteiger partial charge on any atom is 0.252 e. The standard InChI is InChI=1S/C62H95N17O13S5/c1-4-36(2)50-62(92)74-43(18-23-65-33-95)53(83)72-44(19-24-66-34-96)57(87)79-51(37(3)81)61(91)69-26-20-45(54(84)71-42(17-22-64-32-94)55(85)75-47(58(88)78-50)27-38-11-7-5-8-12-38)73-59(89)48(29-67-35-97)76-60(90)49(30-80)77-56(86)41(16-21-63-31-93)70-52(82)40-15-25-68-46(28-40)39-13-9-6-10-14-39/h5-15,25,28,36-37,41-45,47-51,63-67,80-81,93-97H,4,16-24,26-27,29-35H2,1-3H3,(H,69,91)(H,70,82)(H,71,84)(H,72,83)(H,73,89)(H,74,92)(H,75,85)(H,76,90)(H,77,86)(H,78,88)(H,79,87)/t36-,37+,41-,42-,43-,44-,45-,47+,48-,49-,50-,51-/m0/s1. The minimum atomic E-state index is -1.74. The van der Waals surface area contributed by atoms with E-state index in [9.17, 15) is 63.0 Å². The summed E-state index contributed by atoms with van der Waals surface area (Å²) in [5.41, 5.74) is 1.98. The lowest BCUT2D eigenvalue weighted by Gasteiger charge is -2.30. The molecule has 536 valence electrons. The number of carbonyl (C=O) groups is 11. The number of nitrogens with one attached hydrogen (secondary N) is 16. The summed E-state index contributed by atoms with van der Waals surface area (Å²) in [5.74, 6) is -9.76. The molecule has 2 heterocycles.